The highest BCUT2D eigenvalue weighted by Crippen LogP contribution is 2.22. The molecule has 2 aromatic rings. The average Bonchev–Trinajstić information content (AvgIpc) is 2.82. The van der Waals surface area contributed by atoms with Crippen LogP contribution in [0, 0.1) is 28.1 Å². The van der Waals surface area contributed by atoms with Crippen LogP contribution >= 0.6 is 0 Å². The summed E-state index contributed by atoms with van der Waals surface area (Å²) in [5.74, 6) is -0.925. The fourth-order valence-corrected chi connectivity index (χ4v) is 2.78. The number of benzene rings is 1. The average molecular weight is 460 g/mol. The van der Waals surface area contributed by atoms with Crippen molar-refractivity contribution in [3.63, 3.8) is 0 Å². The van der Waals surface area contributed by atoms with Crippen molar-refractivity contribution in [1.82, 2.24) is 20.6 Å². The third kappa shape index (κ3) is 7.79. The molecule has 34 heavy (non-hydrogen) atoms. The van der Waals surface area contributed by atoms with Gasteiger partial charge in [0, 0.05) is 43.5 Å². The predicted octanol–water partition coefficient (Wildman–Crippen LogP) is 2.71. The number of carbonyl (C=O) groups is 1. The minimum Gasteiger partial charge on any atom is -0.351 e. The summed E-state index contributed by atoms with van der Waals surface area (Å²) >= 11 is 0. The molecule has 1 atom stereocenters. The van der Waals surface area contributed by atoms with Gasteiger partial charge < -0.3 is 21.5 Å². The third-order valence-corrected chi connectivity index (χ3v) is 4.49. The smallest absolute Gasteiger partial charge is 0.250 e. The van der Waals surface area contributed by atoms with E-state index in [9.17, 15) is 10.1 Å². The van der Waals surface area contributed by atoms with E-state index < -0.39 is 5.92 Å². The molecule has 1 heterocycles. The second kappa shape index (κ2) is 12.2. The maximum Gasteiger partial charge on any atom is 0.250 e. The lowest BCUT2D eigenvalue weighted by atomic mass is 10.0. The molecule has 0 saturated carbocycles. The maximum atomic E-state index is 12.5. The summed E-state index contributed by atoms with van der Waals surface area (Å²) in [5, 5.41) is 30.3. The van der Waals surface area contributed by atoms with Crippen molar-refractivity contribution in [2.24, 2.45) is 15.9 Å². The van der Waals surface area contributed by atoms with Crippen LogP contribution in [0.4, 0.5) is 5.95 Å². The van der Waals surface area contributed by atoms with Gasteiger partial charge in [-0.1, -0.05) is 12.1 Å². The highest BCUT2D eigenvalue weighted by Gasteiger charge is 2.16. The molecule has 1 aromatic carbocycles. The molecule has 2 rings (SSSR count). The van der Waals surface area contributed by atoms with Gasteiger partial charge in [-0.15, -0.1) is 0 Å². The first-order valence-corrected chi connectivity index (χ1v) is 10.6. The van der Waals surface area contributed by atoms with Crippen LogP contribution in [0.15, 0.2) is 40.4 Å². The quantitative estimate of drug-likeness (QED) is 0.401. The van der Waals surface area contributed by atoms with E-state index in [-0.39, 0.29) is 23.9 Å². The van der Waals surface area contributed by atoms with Gasteiger partial charge in [-0.3, -0.25) is 9.79 Å². The van der Waals surface area contributed by atoms with Crippen molar-refractivity contribution in [2.75, 3.05) is 13.6 Å². The van der Waals surface area contributed by atoms with Gasteiger partial charge in [0.1, 0.15) is 5.92 Å². The van der Waals surface area contributed by atoms with E-state index in [1.807, 2.05) is 20.8 Å². The van der Waals surface area contributed by atoms with Gasteiger partial charge in [0.2, 0.25) is 11.9 Å². The first-order chi connectivity index (χ1) is 16.2. The molecule has 0 fully saturated rings. The highest BCUT2D eigenvalue weighted by atomic mass is 16.1. The normalized spacial score (nSPS) is 12.7. The molecule has 10 nitrogen and oxygen atoms in total. The Bertz CT molecular complexity index is 1140. The Labute approximate surface area is 199 Å². The van der Waals surface area contributed by atoms with E-state index in [1.54, 1.807) is 37.5 Å². The van der Waals surface area contributed by atoms with Crippen molar-refractivity contribution in [3.8, 4) is 17.3 Å². The van der Waals surface area contributed by atoms with Gasteiger partial charge in [0.05, 0.1) is 28.6 Å². The van der Waals surface area contributed by atoms with E-state index in [1.165, 1.54) is 6.21 Å². The number of nitriles is 1. The van der Waals surface area contributed by atoms with Crippen LogP contribution in [0.25, 0.3) is 11.3 Å². The van der Waals surface area contributed by atoms with Crippen molar-refractivity contribution >= 4 is 36.2 Å². The number of carbonyl (C=O) groups excluding carboxylic acids is 1. The van der Waals surface area contributed by atoms with E-state index in [0.29, 0.717) is 34.6 Å². The lowest BCUT2D eigenvalue weighted by Gasteiger charge is -2.14. The van der Waals surface area contributed by atoms with Crippen LogP contribution in [0.5, 0.6) is 0 Å². The number of hydrogen-bond donors (Lipinski definition) is 4. The highest BCUT2D eigenvalue weighted by molar-refractivity contribution is 6.31. The van der Waals surface area contributed by atoms with Crippen molar-refractivity contribution in [3.05, 3.63) is 41.6 Å². The number of hydrogen-bond acceptors (Lipinski definition) is 9. The van der Waals surface area contributed by atoms with Crippen LogP contribution in [-0.2, 0) is 11.3 Å². The molecule has 0 aliphatic carbocycles. The second-order valence-corrected chi connectivity index (χ2v) is 8.36. The summed E-state index contributed by atoms with van der Waals surface area (Å²) < 4.78 is 0. The van der Waals surface area contributed by atoms with Crippen LogP contribution < -0.4 is 10.6 Å². The molecule has 0 spiro atoms. The van der Waals surface area contributed by atoms with Crippen molar-refractivity contribution < 1.29 is 4.79 Å². The zero-order valence-corrected chi connectivity index (χ0v) is 19.8. The molecule has 1 amide bonds. The molecule has 0 bridgehead atoms. The number of amides is 1. The van der Waals surface area contributed by atoms with Gasteiger partial charge in [-0.25, -0.2) is 15.0 Å². The largest absolute Gasteiger partial charge is 0.351 e. The minimum absolute atomic E-state index is 0.141. The Kier molecular flexibility index (Phi) is 9.40. The lowest BCUT2D eigenvalue weighted by molar-refractivity contribution is -0.121. The molecular formula is C24H29N9O. The Morgan fingerprint density at radius 3 is 2.68 bits per heavy atom. The summed E-state index contributed by atoms with van der Waals surface area (Å²) in [5.41, 5.74) is 2.46. The van der Waals surface area contributed by atoms with E-state index in [4.69, 9.17) is 10.8 Å². The Morgan fingerprint density at radius 1 is 1.29 bits per heavy atom. The van der Waals surface area contributed by atoms with Crippen LogP contribution in [-0.4, -0.2) is 59.4 Å². The van der Waals surface area contributed by atoms with E-state index >= 15 is 0 Å². The number of aliphatic imine (C=N–C) groups is 2. The first kappa shape index (κ1) is 26.2. The standard InChI is InChI=1S/C24H29N9O/c1-24(2,3)31-14-19(11-26)22(34)30-13-17-6-5-16(9-18(17)10-25)21-7-8-29-23(33-21)32-20(12-27)15-28-4/h5-9,11-12,14,19,26-28H,13,15H2,1-4H3,(H,30,34). The summed E-state index contributed by atoms with van der Waals surface area (Å²) in [7, 11) is 1.76. The monoisotopic (exact) mass is 459 g/mol. The minimum atomic E-state index is -0.780. The number of rotatable bonds is 10. The fraction of sp³-hybridized carbons (Fsp3) is 0.333. The molecule has 10 heteroatoms. The third-order valence-electron chi connectivity index (χ3n) is 4.49. The van der Waals surface area contributed by atoms with Crippen LogP contribution in [0.3, 0.4) is 0 Å². The Hall–Kier alpha value is -4.10. The molecule has 0 saturated heterocycles. The predicted molar refractivity (Wildman–Crippen MR) is 134 cm³/mol. The summed E-state index contributed by atoms with van der Waals surface area (Å²) in [6, 6.07) is 9.12. The topological polar surface area (TPSA) is 163 Å². The number of nitrogens with zero attached hydrogens (tertiary/aromatic N) is 5. The first-order valence-electron chi connectivity index (χ1n) is 10.6. The molecular weight excluding hydrogens is 430 g/mol. The molecule has 0 aliphatic heterocycles. The van der Waals surface area contributed by atoms with Crippen molar-refractivity contribution in [2.45, 2.75) is 32.9 Å². The summed E-state index contributed by atoms with van der Waals surface area (Å²) in [6.45, 7) is 6.28. The maximum absolute atomic E-state index is 12.5. The summed E-state index contributed by atoms with van der Waals surface area (Å²) in [6.07, 6.45) is 5.21. The second-order valence-electron chi connectivity index (χ2n) is 8.36. The van der Waals surface area contributed by atoms with Crippen molar-refractivity contribution in [1.29, 1.82) is 16.1 Å². The Balaban J connectivity index is 2.21. The molecule has 1 aromatic heterocycles. The SMILES string of the molecule is CNCC(C=N)=Nc1nccc(-c2ccc(CNC(=O)C(C=N)C=NC(C)(C)C)c(C#N)c2)n1. The molecule has 176 valence electrons. The van der Waals surface area contributed by atoms with Gasteiger partial charge in [-0.2, -0.15) is 5.26 Å². The van der Waals surface area contributed by atoms with Gasteiger partial charge >= 0.3 is 0 Å². The lowest BCUT2D eigenvalue weighted by Crippen LogP contribution is -2.32. The molecule has 1 unspecified atom stereocenters. The zero-order chi connectivity index (χ0) is 25.1. The summed E-state index contributed by atoms with van der Waals surface area (Å²) in [4.78, 5) is 29.6. The number of nitrogens with one attached hydrogen (secondary N) is 4. The molecule has 0 aliphatic rings. The molecule has 0 radical (unpaired) electrons. The Morgan fingerprint density at radius 2 is 2.06 bits per heavy atom. The van der Waals surface area contributed by atoms with Crippen LogP contribution in [0.1, 0.15) is 31.9 Å². The van der Waals surface area contributed by atoms with E-state index in [2.05, 4.69) is 36.7 Å². The van der Waals surface area contributed by atoms with Crippen LogP contribution in [0.2, 0.25) is 0 Å². The fourth-order valence-electron chi connectivity index (χ4n) is 2.78. The van der Waals surface area contributed by atoms with Gasteiger partial charge in [-0.05, 0) is 45.5 Å². The zero-order valence-electron chi connectivity index (χ0n) is 19.8. The molecule has 4 N–H and O–H groups in total. The van der Waals surface area contributed by atoms with Gasteiger partial charge in [0.25, 0.3) is 0 Å². The van der Waals surface area contributed by atoms with Gasteiger partial charge in [0.15, 0.2) is 0 Å². The van der Waals surface area contributed by atoms with E-state index in [0.717, 1.165) is 12.4 Å². The number of aromatic nitrogens is 2.